The minimum absolute atomic E-state index is 0.0216. The molecule has 1 aliphatic rings. The van der Waals surface area contributed by atoms with Crippen LogP contribution in [0.15, 0.2) is 11.1 Å². The van der Waals surface area contributed by atoms with Gasteiger partial charge in [-0.15, -0.1) is 11.3 Å². The van der Waals surface area contributed by atoms with Crippen molar-refractivity contribution in [2.24, 2.45) is 11.8 Å². The summed E-state index contributed by atoms with van der Waals surface area (Å²) in [6.45, 7) is 10.7. The third-order valence-electron chi connectivity index (χ3n) is 5.02. The molecule has 2 aromatic heterocycles. The Morgan fingerprint density at radius 1 is 1.32 bits per heavy atom. The van der Waals surface area contributed by atoms with Crippen molar-refractivity contribution in [1.29, 1.82) is 0 Å². The first-order valence-corrected chi connectivity index (χ1v) is 10.0. The van der Waals surface area contributed by atoms with Gasteiger partial charge in [-0.2, -0.15) is 0 Å². The van der Waals surface area contributed by atoms with E-state index in [4.69, 9.17) is 0 Å². The Balaban J connectivity index is 1.97. The zero-order chi connectivity index (χ0) is 18.1. The number of rotatable bonds is 4. The maximum atomic E-state index is 13.0. The lowest BCUT2D eigenvalue weighted by molar-refractivity contribution is 0.0627. The second kappa shape index (κ2) is 7.28. The first-order chi connectivity index (χ1) is 11.9. The Hall–Kier alpha value is -1.69. The number of carbonyl (C=O) groups excluding carboxylic acids is 1. The number of carbonyl (C=O) groups is 1. The van der Waals surface area contributed by atoms with Crippen LogP contribution in [0, 0.1) is 18.8 Å². The monoisotopic (exact) mass is 361 g/mol. The normalized spacial score (nSPS) is 21.0. The van der Waals surface area contributed by atoms with E-state index in [1.165, 1.54) is 17.8 Å². The Morgan fingerprint density at radius 3 is 2.64 bits per heavy atom. The molecule has 0 saturated carbocycles. The first-order valence-electron chi connectivity index (χ1n) is 9.20. The lowest BCUT2D eigenvalue weighted by atomic mass is 9.92. The molecular weight excluding hydrogens is 334 g/mol. The van der Waals surface area contributed by atoms with E-state index in [9.17, 15) is 9.59 Å². The van der Waals surface area contributed by atoms with Crippen LogP contribution in [0.25, 0.3) is 10.2 Å². The number of unbranched alkanes of at least 4 members (excludes halogenated alkanes) is 1. The van der Waals surface area contributed by atoms with Crippen LogP contribution in [0.1, 0.15) is 55.3 Å². The topological polar surface area (TPSA) is 55.2 Å². The van der Waals surface area contributed by atoms with Gasteiger partial charge in [0, 0.05) is 19.6 Å². The molecule has 1 amide bonds. The predicted molar refractivity (Wildman–Crippen MR) is 102 cm³/mol. The Morgan fingerprint density at radius 2 is 2.00 bits per heavy atom. The van der Waals surface area contributed by atoms with Crippen LogP contribution in [-0.4, -0.2) is 33.4 Å². The summed E-state index contributed by atoms with van der Waals surface area (Å²) in [7, 11) is 0. The van der Waals surface area contributed by atoms with Crippen molar-refractivity contribution in [2.75, 3.05) is 13.1 Å². The molecule has 2 atom stereocenters. The molecule has 3 rings (SSSR count). The van der Waals surface area contributed by atoms with Gasteiger partial charge in [0.15, 0.2) is 0 Å². The third-order valence-corrected chi connectivity index (χ3v) is 6.21. The molecule has 25 heavy (non-hydrogen) atoms. The largest absolute Gasteiger partial charge is 0.337 e. The van der Waals surface area contributed by atoms with E-state index in [0.29, 0.717) is 33.5 Å². The number of nitrogens with zero attached hydrogens (tertiary/aromatic N) is 3. The van der Waals surface area contributed by atoms with Crippen LogP contribution in [0.5, 0.6) is 0 Å². The molecule has 0 N–H and O–H groups in total. The molecular formula is C19H27N3O2S. The van der Waals surface area contributed by atoms with E-state index >= 15 is 0 Å². The summed E-state index contributed by atoms with van der Waals surface area (Å²) in [5.41, 5.74) is 0.769. The fourth-order valence-electron chi connectivity index (χ4n) is 3.82. The zero-order valence-electron chi connectivity index (χ0n) is 15.5. The third kappa shape index (κ3) is 3.50. The van der Waals surface area contributed by atoms with Crippen LogP contribution in [0.4, 0.5) is 0 Å². The van der Waals surface area contributed by atoms with E-state index in [1.807, 2.05) is 11.8 Å². The Kier molecular flexibility index (Phi) is 5.27. The second-order valence-corrected chi connectivity index (χ2v) is 8.49. The molecule has 0 aromatic carbocycles. The zero-order valence-corrected chi connectivity index (χ0v) is 16.4. The number of piperidine rings is 1. The number of aromatic nitrogens is 2. The van der Waals surface area contributed by atoms with E-state index in [1.54, 1.807) is 10.9 Å². The SMILES string of the molecule is CCCCn1cnc2sc(C(=O)N3CC(C)CC(C)C3)c(C)c2c1=O. The molecule has 1 aliphatic heterocycles. The van der Waals surface area contributed by atoms with Gasteiger partial charge in [0.25, 0.3) is 11.5 Å². The summed E-state index contributed by atoms with van der Waals surface area (Å²) in [5, 5.41) is 0.616. The number of hydrogen-bond donors (Lipinski definition) is 0. The Labute approximate surface area is 152 Å². The summed E-state index contributed by atoms with van der Waals surface area (Å²) in [6, 6.07) is 0. The first kappa shape index (κ1) is 18.1. The van der Waals surface area contributed by atoms with Crippen LogP contribution in [0.3, 0.4) is 0 Å². The highest BCUT2D eigenvalue weighted by atomic mass is 32.1. The van der Waals surface area contributed by atoms with E-state index in [-0.39, 0.29) is 11.5 Å². The van der Waals surface area contributed by atoms with Gasteiger partial charge in [0.1, 0.15) is 4.83 Å². The fourth-order valence-corrected chi connectivity index (χ4v) is 4.93. The van der Waals surface area contributed by atoms with Crippen LogP contribution in [0.2, 0.25) is 0 Å². The summed E-state index contributed by atoms with van der Waals surface area (Å²) in [6.07, 6.45) is 4.77. The molecule has 6 heteroatoms. The molecule has 2 aromatic rings. The van der Waals surface area contributed by atoms with Crippen molar-refractivity contribution in [3.8, 4) is 0 Å². The number of hydrogen-bond acceptors (Lipinski definition) is 4. The van der Waals surface area contributed by atoms with E-state index in [2.05, 4.69) is 25.8 Å². The highest BCUT2D eigenvalue weighted by molar-refractivity contribution is 7.20. The van der Waals surface area contributed by atoms with Gasteiger partial charge in [0.2, 0.25) is 0 Å². The van der Waals surface area contributed by atoms with Gasteiger partial charge in [-0.25, -0.2) is 4.98 Å². The van der Waals surface area contributed by atoms with Gasteiger partial charge in [-0.05, 0) is 37.2 Å². The summed E-state index contributed by atoms with van der Waals surface area (Å²) in [5.74, 6) is 1.09. The van der Waals surface area contributed by atoms with Crippen LogP contribution < -0.4 is 5.56 Å². The molecule has 0 bridgehead atoms. The van der Waals surface area contributed by atoms with Crippen molar-refractivity contribution in [3.63, 3.8) is 0 Å². The lowest BCUT2D eigenvalue weighted by Crippen LogP contribution is -2.42. The maximum absolute atomic E-state index is 13.0. The smallest absolute Gasteiger partial charge is 0.264 e. The molecule has 5 nitrogen and oxygen atoms in total. The van der Waals surface area contributed by atoms with Crippen molar-refractivity contribution in [3.05, 3.63) is 27.1 Å². The summed E-state index contributed by atoms with van der Waals surface area (Å²) in [4.78, 5) is 33.6. The van der Waals surface area contributed by atoms with Crippen molar-refractivity contribution < 1.29 is 4.79 Å². The molecule has 3 heterocycles. The molecule has 1 fully saturated rings. The Bertz CT molecular complexity index is 829. The average molecular weight is 362 g/mol. The lowest BCUT2D eigenvalue weighted by Gasteiger charge is -2.34. The predicted octanol–water partition coefficient (Wildman–Crippen LogP) is 3.68. The number of likely N-dealkylation sites (tertiary alicyclic amines) is 1. The number of aryl methyl sites for hydroxylation is 2. The van der Waals surface area contributed by atoms with E-state index < -0.39 is 0 Å². The summed E-state index contributed by atoms with van der Waals surface area (Å²) < 4.78 is 1.67. The highest BCUT2D eigenvalue weighted by Gasteiger charge is 2.29. The molecule has 2 unspecified atom stereocenters. The second-order valence-electron chi connectivity index (χ2n) is 7.49. The maximum Gasteiger partial charge on any atom is 0.264 e. The van der Waals surface area contributed by atoms with Gasteiger partial charge >= 0.3 is 0 Å². The van der Waals surface area contributed by atoms with Crippen molar-refractivity contribution >= 4 is 27.5 Å². The van der Waals surface area contributed by atoms with E-state index in [0.717, 1.165) is 31.5 Å². The molecule has 0 radical (unpaired) electrons. The average Bonchev–Trinajstić information content (AvgIpc) is 2.90. The number of thiophene rings is 1. The molecule has 0 spiro atoms. The fraction of sp³-hybridized carbons (Fsp3) is 0.632. The minimum atomic E-state index is -0.0216. The molecule has 0 aliphatic carbocycles. The molecule has 1 saturated heterocycles. The van der Waals surface area contributed by atoms with Crippen molar-refractivity contribution in [1.82, 2.24) is 14.5 Å². The number of fused-ring (bicyclic) bond motifs is 1. The molecule has 136 valence electrons. The van der Waals surface area contributed by atoms with Gasteiger partial charge in [-0.1, -0.05) is 27.2 Å². The van der Waals surface area contributed by atoms with Crippen LogP contribution in [-0.2, 0) is 6.54 Å². The minimum Gasteiger partial charge on any atom is -0.337 e. The van der Waals surface area contributed by atoms with Crippen LogP contribution >= 0.6 is 11.3 Å². The van der Waals surface area contributed by atoms with Gasteiger partial charge in [0.05, 0.1) is 16.6 Å². The van der Waals surface area contributed by atoms with Crippen molar-refractivity contribution in [2.45, 2.75) is 53.5 Å². The van der Waals surface area contributed by atoms with Gasteiger partial charge in [-0.3, -0.25) is 14.2 Å². The summed E-state index contributed by atoms with van der Waals surface area (Å²) >= 11 is 1.36. The highest BCUT2D eigenvalue weighted by Crippen LogP contribution is 2.30. The van der Waals surface area contributed by atoms with Gasteiger partial charge < -0.3 is 4.90 Å². The quantitative estimate of drug-likeness (QED) is 0.835. The standard InChI is InChI=1S/C19H27N3O2S/c1-5-6-7-21-11-20-17-15(18(21)23)14(4)16(25-17)19(24)22-9-12(2)8-13(3)10-22/h11-13H,5-10H2,1-4H3. The number of amides is 1.